The van der Waals surface area contributed by atoms with Gasteiger partial charge in [-0.3, -0.25) is 9.59 Å². The van der Waals surface area contributed by atoms with E-state index < -0.39 is 5.91 Å². The maximum atomic E-state index is 12.5. The highest BCUT2D eigenvalue weighted by Gasteiger charge is 2.12. The van der Waals surface area contributed by atoms with Crippen LogP contribution in [-0.4, -0.2) is 24.1 Å². The summed E-state index contributed by atoms with van der Waals surface area (Å²) in [5, 5.41) is 8.20. The summed E-state index contributed by atoms with van der Waals surface area (Å²) in [5.74, 6) is -0.212. The number of anilines is 1. The molecule has 0 aliphatic rings. The number of hydrogen-bond acceptors (Lipinski definition) is 4. The van der Waals surface area contributed by atoms with Gasteiger partial charge in [-0.05, 0) is 73.5 Å². The molecule has 0 spiro atoms. The third kappa shape index (κ3) is 6.96. The van der Waals surface area contributed by atoms with Crippen molar-refractivity contribution < 1.29 is 14.3 Å². The van der Waals surface area contributed by atoms with E-state index in [-0.39, 0.29) is 17.5 Å². The van der Waals surface area contributed by atoms with Gasteiger partial charge in [0.2, 0.25) is 0 Å². The number of carbonyl (C=O) groups excluding carboxylic acids is 2. The number of hydrogen-bond donors (Lipinski definition) is 2. The van der Waals surface area contributed by atoms with Gasteiger partial charge in [0.05, 0.1) is 16.3 Å². The van der Waals surface area contributed by atoms with Crippen molar-refractivity contribution in [3.05, 3.63) is 92.4 Å². The van der Waals surface area contributed by atoms with Crippen LogP contribution in [0.2, 0.25) is 15.1 Å². The summed E-state index contributed by atoms with van der Waals surface area (Å²) in [6.07, 6.45) is 0. The predicted octanol–water partition coefficient (Wildman–Crippen LogP) is 6.13. The van der Waals surface area contributed by atoms with Crippen LogP contribution in [0.15, 0.2) is 65.8 Å². The largest absolute Gasteiger partial charge is 0.483 e. The van der Waals surface area contributed by atoms with E-state index in [4.69, 9.17) is 39.5 Å². The molecular weight excluding hydrogens is 485 g/mol. The van der Waals surface area contributed by atoms with Crippen LogP contribution in [0.4, 0.5) is 5.69 Å². The summed E-state index contributed by atoms with van der Waals surface area (Å²) in [4.78, 5) is 24.6. The second kappa shape index (κ2) is 11.2. The molecule has 0 aliphatic carbocycles. The molecule has 2 amide bonds. The van der Waals surface area contributed by atoms with Gasteiger partial charge in [0.1, 0.15) is 5.75 Å². The summed E-state index contributed by atoms with van der Waals surface area (Å²) in [5.41, 5.74) is 5.40. The van der Waals surface area contributed by atoms with Crippen LogP contribution < -0.4 is 15.5 Å². The van der Waals surface area contributed by atoms with Crippen LogP contribution >= 0.6 is 34.8 Å². The standard InChI is InChI=1S/C24H20Cl3N3O3/c1-14-10-17(25)7-9-22(14)33-13-23(31)30-29-15(2)16-4-3-5-19(11-16)28-24(32)20-8-6-18(26)12-21(20)27/h3-12H,13H2,1-2H3,(H,28,32)(H,30,31). The molecule has 0 bridgehead atoms. The van der Waals surface area contributed by atoms with E-state index in [0.29, 0.717) is 38.3 Å². The first kappa shape index (κ1) is 24.6. The number of benzene rings is 3. The van der Waals surface area contributed by atoms with Crippen molar-refractivity contribution in [2.45, 2.75) is 13.8 Å². The van der Waals surface area contributed by atoms with Gasteiger partial charge in [0.15, 0.2) is 6.61 Å². The van der Waals surface area contributed by atoms with Crippen LogP contribution in [0.5, 0.6) is 5.75 Å². The number of hydrazone groups is 1. The van der Waals surface area contributed by atoms with Gasteiger partial charge in [-0.2, -0.15) is 5.10 Å². The fourth-order valence-electron chi connectivity index (χ4n) is 2.86. The summed E-state index contributed by atoms with van der Waals surface area (Å²) >= 11 is 17.9. The zero-order chi connectivity index (χ0) is 24.0. The highest BCUT2D eigenvalue weighted by molar-refractivity contribution is 6.37. The molecule has 3 aromatic rings. The van der Waals surface area contributed by atoms with E-state index in [1.54, 1.807) is 55.5 Å². The number of amides is 2. The van der Waals surface area contributed by atoms with Crippen molar-refractivity contribution in [3.63, 3.8) is 0 Å². The molecule has 0 atom stereocenters. The average molecular weight is 505 g/mol. The van der Waals surface area contributed by atoms with Crippen LogP contribution in [0.3, 0.4) is 0 Å². The number of nitrogens with one attached hydrogen (secondary N) is 2. The molecule has 170 valence electrons. The normalized spacial score (nSPS) is 11.1. The molecule has 0 fully saturated rings. The van der Waals surface area contributed by atoms with E-state index in [0.717, 1.165) is 5.56 Å². The second-order valence-corrected chi connectivity index (χ2v) is 8.37. The molecule has 0 radical (unpaired) electrons. The molecule has 0 aliphatic heterocycles. The van der Waals surface area contributed by atoms with Crippen molar-refractivity contribution >= 4 is 58.0 Å². The van der Waals surface area contributed by atoms with E-state index >= 15 is 0 Å². The monoisotopic (exact) mass is 503 g/mol. The Kier molecular flexibility index (Phi) is 8.33. The number of carbonyl (C=O) groups is 2. The molecule has 0 unspecified atom stereocenters. The Balaban J connectivity index is 1.60. The van der Waals surface area contributed by atoms with E-state index in [2.05, 4.69) is 15.8 Å². The molecule has 3 rings (SSSR count). The molecule has 6 nitrogen and oxygen atoms in total. The van der Waals surface area contributed by atoms with Crippen molar-refractivity contribution in [3.8, 4) is 5.75 Å². The third-order valence-electron chi connectivity index (χ3n) is 4.56. The Morgan fingerprint density at radius 3 is 2.42 bits per heavy atom. The summed E-state index contributed by atoms with van der Waals surface area (Å²) in [7, 11) is 0. The van der Waals surface area contributed by atoms with Crippen molar-refractivity contribution in [1.29, 1.82) is 0 Å². The lowest BCUT2D eigenvalue weighted by Crippen LogP contribution is -2.25. The number of ether oxygens (including phenoxy) is 1. The number of halogens is 3. The minimum absolute atomic E-state index is 0.197. The molecule has 0 heterocycles. The SMILES string of the molecule is CC(=NNC(=O)COc1ccc(Cl)cc1C)c1cccc(NC(=O)c2ccc(Cl)cc2Cl)c1. The van der Waals surface area contributed by atoms with Gasteiger partial charge in [-0.1, -0.05) is 46.9 Å². The smallest absolute Gasteiger partial charge is 0.277 e. The average Bonchev–Trinajstić information content (AvgIpc) is 2.77. The minimum Gasteiger partial charge on any atom is -0.483 e. The molecule has 9 heteroatoms. The topological polar surface area (TPSA) is 79.8 Å². The Morgan fingerprint density at radius 1 is 0.970 bits per heavy atom. The summed E-state index contributed by atoms with van der Waals surface area (Å²) in [6.45, 7) is 3.38. The van der Waals surface area contributed by atoms with Crippen LogP contribution in [0, 0.1) is 6.92 Å². The fraction of sp³-hybridized carbons (Fsp3) is 0.125. The lowest BCUT2D eigenvalue weighted by atomic mass is 10.1. The Bertz CT molecular complexity index is 1230. The number of nitrogens with zero attached hydrogens (tertiary/aromatic N) is 1. The lowest BCUT2D eigenvalue weighted by Gasteiger charge is -2.10. The van der Waals surface area contributed by atoms with E-state index in [1.165, 1.54) is 6.07 Å². The Labute approximate surface area is 206 Å². The van der Waals surface area contributed by atoms with Crippen LogP contribution in [0.1, 0.15) is 28.4 Å². The van der Waals surface area contributed by atoms with Crippen molar-refractivity contribution in [2.24, 2.45) is 5.10 Å². The number of rotatable bonds is 7. The van der Waals surface area contributed by atoms with Crippen molar-refractivity contribution in [2.75, 3.05) is 11.9 Å². The molecule has 33 heavy (non-hydrogen) atoms. The first-order chi connectivity index (χ1) is 15.7. The number of aryl methyl sites for hydroxylation is 1. The van der Waals surface area contributed by atoms with Crippen molar-refractivity contribution in [1.82, 2.24) is 5.43 Å². The zero-order valence-electron chi connectivity index (χ0n) is 17.8. The third-order valence-corrected chi connectivity index (χ3v) is 5.34. The van der Waals surface area contributed by atoms with Gasteiger partial charge >= 0.3 is 0 Å². The quantitative estimate of drug-likeness (QED) is 0.300. The van der Waals surface area contributed by atoms with Gasteiger partial charge < -0.3 is 10.1 Å². The van der Waals surface area contributed by atoms with E-state index in [1.807, 2.05) is 13.0 Å². The molecular formula is C24H20Cl3N3O3. The van der Waals surface area contributed by atoms with Gasteiger partial charge in [-0.15, -0.1) is 0 Å². The lowest BCUT2D eigenvalue weighted by molar-refractivity contribution is -0.123. The molecule has 2 N–H and O–H groups in total. The highest BCUT2D eigenvalue weighted by atomic mass is 35.5. The maximum Gasteiger partial charge on any atom is 0.277 e. The minimum atomic E-state index is -0.412. The van der Waals surface area contributed by atoms with Gasteiger partial charge in [-0.25, -0.2) is 5.43 Å². The summed E-state index contributed by atoms with van der Waals surface area (Å²) < 4.78 is 5.51. The van der Waals surface area contributed by atoms with Crippen LogP contribution in [0.25, 0.3) is 0 Å². The molecule has 3 aromatic carbocycles. The Hall–Kier alpha value is -3.06. The molecule has 0 saturated carbocycles. The highest BCUT2D eigenvalue weighted by Crippen LogP contribution is 2.23. The summed E-state index contributed by atoms with van der Waals surface area (Å²) in [6, 6.07) is 16.9. The van der Waals surface area contributed by atoms with Gasteiger partial charge in [0.25, 0.3) is 11.8 Å². The maximum absolute atomic E-state index is 12.5. The predicted molar refractivity (Wildman–Crippen MR) is 133 cm³/mol. The second-order valence-electron chi connectivity index (χ2n) is 7.09. The van der Waals surface area contributed by atoms with Gasteiger partial charge in [0, 0.05) is 15.7 Å². The molecule has 0 saturated heterocycles. The Morgan fingerprint density at radius 2 is 1.70 bits per heavy atom. The first-order valence-electron chi connectivity index (χ1n) is 9.82. The molecule has 0 aromatic heterocycles. The zero-order valence-corrected chi connectivity index (χ0v) is 20.1. The first-order valence-corrected chi connectivity index (χ1v) is 11.0. The van der Waals surface area contributed by atoms with E-state index in [9.17, 15) is 9.59 Å². The van der Waals surface area contributed by atoms with Crippen LogP contribution in [-0.2, 0) is 4.79 Å². The fourth-order valence-corrected chi connectivity index (χ4v) is 3.58.